The van der Waals surface area contributed by atoms with Crippen LogP contribution in [0.25, 0.3) is 0 Å². The molecule has 128 valence electrons. The van der Waals surface area contributed by atoms with Gasteiger partial charge in [-0.25, -0.2) is 8.42 Å². The van der Waals surface area contributed by atoms with Gasteiger partial charge in [0.2, 0.25) is 10.0 Å². The largest absolute Gasteiger partial charge is 0.466 e. The monoisotopic (exact) mass is 339 g/mol. The Morgan fingerprint density at radius 1 is 1.30 bits per heavy atom. The zero-order valence-electron chi connectivity index (χ0n) is 14.2. The average Bonchev–Trinajstić information content (AvgIpc) is 3.31. The molecule has 1 aromatic carbocycles. The van der Waals surface area contributed by atoms with E-state index in [0.717, 1.165) is 24.0 Å². The summed E-state index contributed by atoms with van der Waals surface area (Å²) >= 11 is 0. The molecule has 5 nitrogen and oxygen atoms in total. The Hall–Kier alpha value is -1.40. The molecule has 1 aliphatic carbocycles. The van der Waals surface area contributed by atoms with Crippen molar-refractivity contribution in [3.8, 4) is 0 Å². The van der Waals surface area contributed by atoms with E-state index in [9.17, 15) is 13.2 Å². The summed E-state index contributed by atoms with van der Waals surface area (Å²) in [6.45, 7) is 7.78. The molecule has 0 amide bonds. The van der Waals surface area contributed by atoms with Crippen LogP contribution in [0.1, 0.15) is 37.8 Å². The van der Waals surface area contributed by atoms with Crippen LogP contribution in [0.5, 0.6) is 0 Å². The summed E-state index contributed by atoms with van der Waals surface area (Å²) in [6, 6.07) is 5.16. The summed E-state index contributed by atoms with van der Waals surface area (Å²) in [5, 5.41) is 0. The van der Waals surface area contributed by atoms with Crippen LogP contribution in [0.2, 0.25) is 0 Å². The van der Waals surface area contributed by atoms with E-state index < -0.39 is 15.9 Å². The van der Waals surface area contributed by atoms with Gasteiger partial charge in [-0.15, -0.1) is 0 Å². The minimum atomic E-state index is -3.60. The Balaban J connectivity index is 2.25. The maximum Gasteiger partial charge on any atom is 0.309 e. The van der Waals surface area contributed by atoms with Gasteiger partial charge in [-0.3, -0.25) is 4.79 Å². The van der Waals surface area contributed by atoms with Crippen molar-refractivity contribution in [2.45, 2.75) is 51.5 Å². The van der Waals surface area contributed by atoms with Gasteiger partial charge in [0.1, 0.15) is 0 Å². The Morgan fingerprint density at radius 2 is 1.96 bits per heavy atom. The fraction of sp³-hybridized carbons (Fsp3) is 0.588. The summed E-state index contributed by atoms with van der Waals surface area (Å²) in [4.78, 5) is 12.1. The number of aryl methyl sites for hydroxylation is 2. The van der Waals surface area contributed by atoms with Crippen LogP contribution in [-0.4, -0.2) is 37.9 Å². The minimum absolute atomic E-state index is 0.00140. The van der Waals surface area contributed by atoms with Crippen LogP contribution >= 0.6 is 0 Å². The summed E-state index contributed by atoms with van der Waals surface area (Å²) in [6.07, 6.45) is 1.69. The van der Waals surface area contributed by atoms with Gasteiger partial charge in [0, 0.05) is 12.6 Å². The lowest BCUT2D eigenvalue weighted by atomic mass is 10.1. The van der Waals surface area contributed by atoms with Gasteiger partial charge in [0.05, 0.1) is 17.4 Å². The number of hydrogen-bond donors (Lipinski definition) is 0. The van der Waals surface area contributed by atoms with E-state index in [2.05, 4.69) is 0 Å². The van der Waals surface area contributed by atoms with Gasteiger partial charge in [-0.05, 0) is 56.9 Å². The maximum absolute atomic E-state index is 13.0. The zero-order chi connectivity index (χ0) is 17.2. The van der Waals surface area contributed by atoms with Gasteiger partial charge in [0.15, 0.2) is 0 Å². The number of carbonyl (C=O) groups excluding carboxylic acids is 1. The SMILES string of the molecule is CCOC(=O)C(C)CN(C1CC1)S(=O)(=O)c1ccc(C)c(C)c1. The fourth-order valence-corrected chi connectivity index (χ4v) is 4.30. The molecule has 0 aromatic heterocycles. The highest BCUT2D eigenvalue weighted by Crippen LogP contribution is 2.33. The molecular formula is C17H25NO4S. The molecule has 0 spiro atoms. The predicted molar refractivity (Wildman–Crippen MR) is 88.6 cm³/mol. The van der Waals surface area contributed by atoms with E-state index in [-0.39, 0.29) is 18.6 Å². The van der Waals surface area contributed by atoms with E-state index in [0.29, 0.717) is 11.5 Å². The predicted octanol–water partition coefficient (Wildman–Crippen LogP) is 2.66. The van der Waals surface area contributed by atoms with Crippen molar-refractivity contribution in [1.29, 1.82) is 0 Å². The second-order valence-electron chi connectivity index (χ2n) is 6.21. The number of hydrogen-bond acceptors (Lipinski definition) is 4. The molecule has 23 heavy (non-hydrogen) atoms. The molecule has 0 N–H and O–H groups in total. The third-order valence-electron chi connectivity index (χ3n) is 4.18. The molecule has 1 unspecified atom stereocenters. The number of nitrogens with zero attached hydrogens (tertiary/aromatic N) is 1. The molecule has 1 saturated carbocycles. The molecule has 0 heterocycles. The maximum atomic E-state index is 13.0. The quantitative estimate of drug-likeness (QED) is 0.717. The number of rotatable bonds is 7. The molecule has 0 bridgehead atoms. The third-order valence-corrected chi connectivity index (χ3v) is 6.10. The number of sulfonamides is 1. The molecule has 0 aliphatic heterocycles. The Kier molecular flexibility index (Phi) is 5.47. The highest BCUT2D eigenvalue weighted by atomic mass is 32.2. The van der Waals surface area contributed by atoms with E-state index in [1.54, 1.807) is 26.0 Å². The van der Waals surface area contributed by atoms with E-state index in [1.165, 1.54) is 4.31 Å². The Labute approximate surface area is 138 Å². The first kappa shape index (κ1) is 17.9. The fourth-order valence-electron chi connectivity index (χ4n) is 2.44. The lowest BCUT2D eigenvalue weighted by Gasteiger charge is -2.24. The van der Waals surface area contributed by atoms with Gasteiger partial charge in [-0.2, -0.15) is 4.31 Å². The molecule has 1 atom stereocenters. The number of benzene rings is 1. The van der Waals surface area contributed by atoms with Crippen LogP contribution in [-0.2, 0) is 19.6 Å². The molecular weight excluding hydrogens is 314 g/mol. The molecule has 1 aromatic rings. The van der Waals surface area contributed by atoms with Crippen molar-refractivity contribution >= 4 is 16.0 Å². The number of esters is 1. The number of ether oxygens (including phenoxy) is 1. The highest BCUT2D eigenvalue weighted by Gasteiger charge is 2.39. The summed E-state index contributed by atoms with van der Waals surface area (Å²) in [7, 11) is -3.60. The highest BCUT2D eigenvalue weighted by molar-refractivity contribution is 7.89. The van der Waals surface area contributed by atoms with Crippen molar-refractivity contribution in [2.75, 3.05) is 13.2 Å². The second-order valence-corrected chi connectivity index (χ2v) is 8.10. The first-order valence-electron chi connectivity index (χ1n) is 8.03. The smallest absolute Gasteiger partial charge is 0.309 e. The van der Waals surface area contributed by atoms with E-state index >= 15 is 0 Å². The van der Waals surface area contributed by atoms with E-state index in [1.807, 2.05) is 19.9 Å². The lowest BCUT2D eigenvalue weighted by Crippen LogP contribution is -2.39. The average molecular weight is 339 g/mol. The second kappa shape index (κ2) is 7.01. The van der Waals surface area contributed by atoms with Crippen molar-refractivity contribution in [3.05, 3.63) is 29.3 Å². The topological polar surface area (TPSA) is 63.7 Å². The summed E-state index contributed by atoms with van der Waals surface area (Å²) in [5.74, 6) is -0.828. The molecule has 1 fully saturated rings. The van der Waals surface area contributed by atoms with Crippen molar-refractivity contribution < 1.29 is 17.9 Å². The summed E-state index contributed by atoms with van der Waals surface area (Å²) < 4.78 is 32.4. The van der Waals surface area contributed by atoms with Gasteiger partial charge in [-0.1, -0.05) is 13.0 Å². The standard InChI is InChI=1S/C17H25NO4S/c1-5-22-17(19)14(4)11-18(15-7-8-15)23(20,21)16-9-6-12(2)13(3)10-16/h6,9-10,14-15H,5,7-8,11H2,1-4H3. The molecule has 0 saturated heterocycles. The van der Waals surface area contributed by atoms with Crippen molar-refractivity contribution in [1.82, 2.24) is 4.31 Å². The van der Waals surface area contributed by atoms with Crippen LogP contribution in [0.15, 0.2) is 23.1 Å². The number of carbonyl (C=O) groups is 1. The summed E-state index contributed by atoms with van der Waals surface area (Å²) in [5.41, 5.74) is 2.00. The Bertz CT molecular complexity index is 680. The first-order chi connectivity index (χ1) is 10.8. The molecule has 1 aliphatic rings. The van der Waals surface area contributed by atoms with Gasteiger partial charge >= 0.3 is 5.97 Å². The third kappa shape index (κ3) is 4.12. The van der Waals surface area contributed by atoms with Crippen LogP contribution in [0.4, 0.5) is 0 Å². The molecule has 0 radical (unpaired) electrons. The van der Waals surface area contributed by atoms with Crippen LogP contribution < -0.4 is 0 Å². The molecule has 6 heteroatoms. The first-order valence-corrected chi connectivity index (χ1v) is 9.47. The van der Waals surface area contributed by atoms with Gasteiger partial charge in [0.25, 0.3) is 0 Å². The van der Waals surface area contributed by atoms with Gasteiger partial charge < -0.3 is 4.74 Å². The van der Waals surface area contributed by atoms with Crippen molar-refractivity contribution in [2.24, 2.45) is 5.92 Å². The normalized spacial score (nSPS) is 16.4. The lowest BCUT2D eigenvalue weighted by molar-refractivity contribution is -0.147. The van der Waals surface area contributed by atoms with Crippen molar-refractivity contribution in [3.63, 3.8) is 0 Å². The van der Waals surface area contributed by atoms with Crippen LogP contribution in [0, 0.1) is 19.8 Å². The van der Waals surface area contributed by atoms with Crippen LogP contribution in [0.3, 0.4) is 0 Å². The Morgan fingerprint density at radius 3 is 2.48 bits per heavy atom. The van der Waals surface area contributed by atoms with E-state index in [4.69, 9.17) is 4.74 Å². The molecule has 2 rings (SSSR count). The zero-order valence-corrected chi connectivity index (χ0v) is 15.0. The minimum Gasteiger partial charge on any atom is -0.466 e.